The highest BCUT2D eigenvalue weighted by Gasteiger charge is 2.26. The van der Waals surface area contributed by atoms with Crippen LogP contribution in [0.3, 0.4) is 0 Å². The lowest BCUT2D eigenvalue weighted by Gasteiger charge is -2.24. The average molecular weight is 243 g/mol. The smallest absolute Gasteiger partial charge is 0.0554 e. The van der Waals surface area contributed by atoms with Crippen molar-refractivity contribution >= 4 is 21.6 Å². The summed E-state index contributed by atoms with van der Waals surface area (Å²) in [5.74, 6) is 0.465. The second-order valence-electron chi connectivity index (χ2n) is 3.25. The van der Waals surface area contributed by atoms with E-state index in [-0.39, 0.29) is 5.23 Å². The molecule has 0 atom stereocenters. The van der Waals surface area contributed by atoms with E-state index in [1.807, 2.05) is 12.1 Å². The highest BCUT2D eigenvalue weighted by atomic mass is 79.9. The van der Waals surface area contributed by atoms with Crippen molar-refractivity contribution in [3.8, 4) is 0 Å². The maximum atomic E-state index is 10.8. The van der Waals surface area contributed by atoms with Crippen LogP contribution in [0.25, 0.3) is 0 Å². The fourth-order valence-electron chi connectivity index (χ4n) is 1.42. The van der Waals surface area contributed by atoms with Gasteiger partial charge in [-0.05, 0) is 36.5 Å². The Labute approximate surface area is 84.6 Å². The number of halogens is 1. The number of hydrogen-bond acceptors (Lipinski definition) is 3. The van der Waals surface area contributed by atoms with Crippen LogP contribution in [0.5, 0.6) is 0 Å². The Morgan fingerprint density at radius 3 is 2.69 bits per heavy atom. The summed E-state index contributed by atoms with van der Waals surface area (Å²) in [6.45, 7) is 0. The third kappa shape index (κ3) is 1.85. The molecule has 1 N–H and O–H groups in total. The molecule has 0 unspecified atom stereocenters. The van der Waals surface area contributed by atoms with Gasteiger partial charge in [0.15, 0.2) is 0 Å². The van der Waals surface area contributed by atoms with Gasteiger partial charge in [-0.15, -0.1) is 0 Å². The van der Waals surface area contributed by atoms with Gasteiger partial charge >= 0.3 is 0 Å². The maximum absolute atomic E-state index is 10.8. The summed E-state index contributed by atoms with van der Waals surface area (Å²) in [6, 6.07) is 5.42. The molecular weight excluding hydrogens is 234 g/mol. The molecule has 13 heavy (non-hydrogen) atoms. The summed E-state index contributed by atoms with van der Waals surface area (Å²) in [5.41, 5.74) is 1.30. The minimum absolute atomic E-state index is 0.0571. The minimum Gasteiger partial charge on any atom is -0.733 e. The molecule has 0 radical (unpaired) electrons. The van der Waals surface area contributed by atoms with Crippen LogP contribution in [0.15, 0.2) is 22.7 Å². The van der Waals surface area contributed by atoms with Crippen LogP contribution in [-0.2, 0) is 0 Å². The van der Waals surface area contributed by atoms with Gasteiger partial charge in [0.25, 0.3) is 0 Å². The average Bonchev–Trinajstić information content (AvgIpc) is 2.87. The Morgan fingerprint density at radius 2 is 2.15 bits per heavy atom. The van der Waals surface area contributed by atoms with Gasteiger partial charge in [-0.2, -0.15) is 0 Å². The van der Waals surface area contributed by atoms with E-state index >= 15 is 0 Å². The highest BCUT2D eigenvalue weighted by molar-refractivity contribution is 9.10. The van der Waals surface area contributed by atoms with E-state index in [2.05, 4.69) is 15.9 Å². The van der Waals surface area contributed by atoms with Crippen molar-refractivity contribution in [1.82, 2.24) is 0 Å². The Hall–Kier alpha value is -0.580. The van der Waals surface area contributed by atoms with Gasteiger partial charge in [-0.1, -0.05) is 22.0 Å². The third-order valence-corrected chi connectivity index (χ3v) is 2.71. The number of anilines is 1. The molecule has 1 fully saturated rings. The van der Waals surface area contributed by atoms with Crippen LogP contribution in [0.1, 0.15) is 24.3 Å². The molecule has 2 rings (SSSR count). The first-order valence-electron chi connectivity index (χ1n) is 4.14. The first-order chi connectivity index (χ1) is 6.18. The predicted molar refractivity (Wildman–Crippen MR) is 53.7 cm³/mol. The van der Waals surface area contributed by atoms with E-state index in [1.54, 1.807) is 6.07 Å². The summed E-state index contributed by atoms with van der Waals surface area (Å²) in [7, 11) is 0. The van der Waals surface area contributed by atoms with E-state index in [9.17, 15) is 5.21 Å². The first-order valence-corrected chi connectivity index (χ1v) is 4.93. The molecule has 0 heterocycles. The molecule has 1 saturated carbocycles. The quantitative estimate of drug-likeness (QED) is 0.812. The Balaban J connectivity index is 2.41. The molecular formula is C9H9BrNO2-. The molecule has 4 heteroatoms. The van der Waals surface area contributed by atoms with Gasteiger partial charge in [-0.3, -0.25) is 5.21 Å². The highest BCUT2D eigenvalue weighted by Crippen LogP contribution is 2.44. The molecule has 1 aliphatic carbocycles. The molecule has 0 aromatic heterocycles. The number of hydrogen-bond donors (Lipinski definition) is 1. The predicted octanol–water partition coefficient (Wildman–Crippen LogP) is 3.02. The lowest BCUT2D eigenvalue weighted by molar-refractivity contribution is 0.295. The topological polar surface area (TPSA) is 46.5 Å². The molecule has 1 aromatic carbocycles. The summed E-state index contributed by atoms with van der Waals surface area (Å²) in [6.07, 6.45) is 2.23. The van der Waals surface area contributed by atoms with E-state index < -0.39 is 0 Å². The van der Waals surface area contributed by atoms with Crippen LogP contribution in [0, 0.1) is 5.21 Å². The van der Waals surface area contributed by atoms with Crippen LogP contribution < -0.4 is 5.23 Å². The molecule has 0 aliphatic heterocycles. The van der Waals surface area contributed by atoms with Gasteiger partial charge < -0.3 is 10.4 Å². The first kappa shape index (κ1) is 8.99. The second kappa shape index (κ2) is 3.29. The van der Waals surface area contributed by atoms with Crippen molar-refractivity contribution < 1.29 is 5.21 Å². The zero-order valence-electron chi connectivity index (χ0n) is 6.90. The van der Waals surface area contributed by atoms with E-state index in [1.165, 1.54) is 0 Å². The monoisotopic (exact) mass is 242 g/mol. The van der Waals surface area contributed by atoms with Crippen LogP contribution >= 0.6 is 15.9 Å². The lowest BCUT2D eigenvalue weighted by atomic mass is 10.1. The number of rotatable bonds is 2. The molecule has 0 spiro atoms. The summed E-state index contributed by atoms with van der Waals surface area (Å²) >= 11 is 3.26. The Morgan fingerprint density at radius 1 is 1.46 bits per heavy atom. The SMILES string of the molecule is [O-]N(O)c1cc(Br)ccc1C1CC1. The van der Waals surface area contributed by atoms with E-state index in [4.69, 9.17) is 5.21 Å². The molecule has 1 aromatic rings. The molecule has 70 valence electrons. The van der Waals surface area contributed by atoms with Gasteiger partial charge in [0.1, 0.15) is 0 Å². The lowest BCUT2D eigenvalue weighted by Crippen LogP contribution is -2.09. The standard InChI is InChI=1S/C9H9BrNO2/c10-7-3-4-8(6-1-2-6)9(5-7)11(12)13/h3-6,12H,1-2H2/q-1. The number of benzene rings is 1. The van der Waals surface area contributed by atoms with Gasteiger partial charge in [0.2, 0.25) is 0 Å². The largest absolute Gasteiger partial charge is 0.733 e. The second-order valence-corrected chi connectivity index (χ2v) is 4.17. The molecule has 0 saturated heterocycles. The molecule has 3 nitrogen and oxygen atoms in total. The molecule has 0 amide bonds. The zero-order valence-corrected chi connectivity index (χ0v) is 8.49. The van der Waals surface area contributed by atoms with Crippen LogP contribution in [-0.4, -0.2) is 5.21 Å². The third-order valence-electron chi connectivity index (χ3n) is 2.22. The maximum Gasteiger partial charge on any atom is 0.0554 e. The zero-order chi connectivity index (χ0) is 9.42. The molecule has 0 bridgehead atoms. The molecule has 1 aliphatic rings. The van der Waals surface area contributed by atoms with Gasteiger partial charge in [0.05, 0.1) is 5.69 Å². The number of nitrogens with zero attached hydrogens (tertiary/aromatic N) is 1. The fourth-order valence-corrected chi connectivity index (χ4v) is 1.77. The van der Waals surface area contributed by atoms with Crippen LogP contribution in [0.2, 0.25) is 0 Å². The van der Waals surface area contributed by atoms with Gasteiger partial charge in [0, 0.05) is 4.47 Å². The van der Waals surface area contributed by atoms with Crippen molar-refractivity contribution in [3.63, 3.8) is 0 Å². The fraction of sp³-hybridized carbons (Fsp3) is 0.333. The summed E-state index contributed by atoms with van der Waals surface area (Å²) in [5, 5.41) is 19.6. The normalized spacial score (nSPS) is 15.9. The van der Waals surface area contributed by atoms with Crippen molar-refractivity contribution in [2.45, 2.75) is 18.8 Å². The van der Waals surface area contributed by atoms with Crippen LogP contribution in [0.4, 0.5) is 5.69 Å². The van der Waals surface area contributed by atoms with Gasteiger partial charge in [-0.25, -0.2) is 0 Å². The Bertz CT molecular complexity index is 323. The van der Waals surface area contributed by atoms with E-state index in [0.29, 0.717) is 11.6 Å². The Kier molecular flexibility index (Phi) is 2.27. The summed E-state index contributed by atoms with van der Waals surface area (Å²) in [4.78, 5) is 0. The minimum atomic E-state index is -0.0571. The van der Waals surface area contributed by atoms with E-state index in [0.717, 1.165) is 22.9 Å². The summed E-state index contributed by atoms with van der Waals surface area (Å²) < 4.78 is 0.807. The van der Waals surface area contributed by atoms with Crippen molar-refractivity contribution in [2.75, 3.05) is 5.23 Å². The van der Waals surface area contributed by atoms with Crippen molar-refractivity contribution in [3.05, 3.63) is 33.4 Å². The van der Waals surface area contributed by atoms with Crippen molar-refractivity contribution in [2.24, 2.45) is 0 Å². The van der Waals surface area contributed by atoms with Crippen molar-refractivity contribution in [1.29, 1.82) is 0 Å².